The van der Waals surface area contributed by atoms with Crippen molar-refractivity contribution >= 4 is 17.9 Å². The predicted octanol–water partition coefficient (Wildman–Crippen LogP) is -0.870. The Morgan fingerprint density at radius 2 is 1.42 bits per heavy atom. The molecule has 0 amide bonds. The Morgan fingerprint density at radius 3 is 1.84 bits per heavy atom. The minimum atomic E-state index is -1.22. The number of esters is 3. The van der Waals surface area contributed by atoms with Crippen molar-refractivity contribution in [1.82, 2.24) is 0 Å². The number of aliphatic hydroxyl groups is 1. The van der Waals surface area contributed by atoms with Crippen LogP contribution in [0.5, 0.6) is 0 Å². The maximum Gasteiger partial charge on any atom is 0.305 e. The highest BCUT2D eigenvalue weighted by Gasteiger charge is 2.50. The fourth-order valence-electron chi connectivity index (χ4n) is 1.75. The summed E-state index contributed by atoms with van der Waals surface area (Å²) >= 11 is 0. The first-order valence-corrected chi connectivity index (χ1v) is 5.63. The van der Waals surface area contributed by atoms with E-state index in [4.69, 9.17) is 24.1 Å². The highest BCUT2D eigenvalue weighted by atomic mass is 16.7. The number of carbonyl (C=O) groups excluding carboxylic acids is 3. The van der Waals surface area contributed by atoms with E-state index in [-0.39, 0.29) is 0 Å². The summed E-state index contributed by atoms with van der Waals surface area (Å²) in [7, 11) is 0. The summed E-state index contributed by atoms with van der Waals surface area (Å²) in [4.78, 5) is 33.0. The van der Waals surface area contributed by atoms with Crippen molar-refractivity contribution in [2.45, 2.75) is 45.4 Å². The highest BCUT2D eigenvalue weighted by Crippen LogP contribution is 2.27. The minimum absolute atomic E-state index is 0.479. The number of ether oxygens (including phenoxy) is 4. The summed E-state index contributed by atoms with van der Waals surface area (Å²) < 4.78 is 19.9. The molecule has 0 radical (unpaired) electrons. The van der Waals surface area contributed by atoms with E-state index in [9.17, 15) is 14.4 Å². The molecule has 8 heteroatoms. The molecule has 0 aromatic carbocycles. The minimum Gasteiger partial charge on any atom is -0.455 e. The van der Waals surface area contributed by atoms with Gasteiger partial charge in [-0.25, -0.2) is 0 Å². The molecule has 1 rings (SSSR count). The molecule has 0 aromatic heterocycles. The summed E-state index contributed by atoms with van der Waals surface area (Å²) in [6, 6.07) is 0. The summed E-state index contributed by atoms with van der Waals surface area (Å²) in [6.45, 7) is 3.00. The second-order valence-electron chi connectivity index (χ2n) is 3.98. The van der Waals surface area contributed by atoms with E-state index in [1.165, 1.54) is 6.92 Å². The fraction of sp³-hybridized carbons (Fsp3) is 0.727. The van der Waals surface area contributed by atoms with Crippen molar-refractivity contribution in [2.24, 2.45) is 0 Å². The standard InChI is InChI=1S/C11H16O8/c1-5(13)16-9-8(4-12)19-11(18-7(3)15)10(9)17-6(2)14/h8-12H,4H2,1-3H3/t8-,9+,10-,11?/m1/s1. The van der Waals surface area contributed by atoms with Gasteiger partial charge in [-0.1, -0.05) is 0 Å². The molecule has 0 spiro atoms. The molecule has 1 unspecified atom stereocenters. The molecule has 1 saturated heterocycles. The van der Waals surface area contributed by atoms with Crippen LogP contribution in [0.15, 0.2) is 0 Å². The van der Waals surface area contributed by atoms with Crippen LogP contribution in [0.3, 0.4) is 0 Å². The molecule has 4 atom stereocenters. The lowest BCUT2D eigenvalue weighted by Crippen LogP contribution is -2.41. The Kier molecular flexibility index (Phi) is 5.25. The van der Waals surface area contributed by atoms with Gasteiger partial charge in [-0.15, -0.1) is 0 Å². The van der Waals surface area contributed by atoms with Crippen LogP contribution in [0.25, 0.3) is 0 Å². The van der Waals surface area contributed by atoms with E-state index in [0.717, 1.165) is 13.8 Å². The molecule has 1 aliphatic rings. The molecular weight excluding hydrogens is 260 g/mol. The number of carbonyl (C=O) groups is 3. The molecule has 0 aliphatic carbocycles. The lowest BCUT2D eigenvalue weighted by Gasteiger charge is -2.22. The van der Waals surface area contributed by atoms with Gasteiger partial charge in [0.25, 0.3) is 0 Å². The molecule has 8 nitrogen and oxygen atoms in total. The van der Waals surface area contributed by atoms with Crippen LogP contribution in [0.1, 0.15) is 20.8 Å². The van der Waals surface area contributed by atoms with E-state index < -0.39 is 49.1 Å². The number of hydrogen-bond donors (Lipinski definition) is 1. The maximum atomic E-state index is 11.0. The zero-order valence-electron chi connectivity index (χ0n) is 10.8. The third-order valence-corrected chi connectivity index (χ3v) is 2.33. The molecule has 108 valence electrons. The quantitative estimate of drug-likeness (QED) is 0.521. The summed E-state index contributed by atoms with van der Waals surface area (Å²) in [6.07, 6.45) is -4.29. The zero-order valence-corrected chi connectivity index (χ0v) is 10.8. The van der Waals surface area contributed by atoms with Crippen LogP contribution in [-0.2, 0) is 33.3 Å². The van der Waals surface area contributed by atoms with Crippen LogP contribution in [0.4, 0.5) is 0 Å². The van der Waals surface area contributed by atoms with Crippen molar-refractivity contribution in [3.8, 4) is 0 Å². The van der Waals surface area contributed by atoms with Gasteiger partial charge in [0.05, 0.1) is 6.61 Å². The van der Waals surface area contributed by atoms with E-state index in [2.05, 4.69) is 0 Å². The second kappa shape index (κ2) is 6.48. The first-order valence-electron chi connectivity index (χ1n) is 5.63. The van der Waals surface area contributed by atoms with Gasteiger partial charge in [-0.2, -0.15) is 0 Å². The smallest absolute Gasteiger partial charge is 0.305 e. The largest absolute Gasteiger partial charge is 0.455 e. The topological polar surface area (TPSA) is 108 Å². The molecular formula is C11H16O8. The lowest BCUT2D eigenvalue weighted by atomic mass is 10.1. The monoisotopic (exact) mass is 276 g/mol. The number of rotatable bonds is 4. The number of aliphatic hydroxyl groups excluding tert-OH is 1. The van der Waals surface area contributed by atoms with Gasteiger partial charge < -0.3 is 24.1 Å². The van der Waals surface area contributed by atoms with Gasteiger partial charge in [0.15, 0.2) is 6.10 Å². The van der Waals surface area contributed by atoms with Gasteiger partial charge in [-0.3, -0.25) is 14.4 Å². The average molecular weight is 276 g/mol. The molecule has 0 saturated carbocycles. The van der Waals surface area contributed by atoms with Crippen LogP contribution in [-0.4, -0.2) is 54.2 Å². The first kappa shape index (κ1) is 15.4. The zero-order chi connectivity index (χ0) is 14.6. The summed E-state index contributed by atoms with van der Waals surface area (Å²) in [5.41, 5.74) is 0. The highest BCUT2D eigenvalue weighted by molar-refractivity contribution is 5.68. The van der Waals surface area contributed by atoms with Gasteiger partial charge in [-0.05, 0) is 0 Å². The maximum absolute atomic E-state index is 11.0. The van der Waals surface area contributed by atoms with Crippen LogP contribution < -0.4 is 0 Å². The molecule has 1 N–H and O–H groups in total. The Morgan fingerprint density at radius 1 is 0.947 bits per heavy atom. The molecule has 0 bridgehead atoms. The Labute approximate surface area is 109 Å². The third-order valence-electron chi connectivity index (χ3n) is 2.33. The average Bonchev–Trinajstić information content (AvgIpc) is 2.55. The number of hydrogen-bond acceptors (Lipinski definition) is 8. The predicted molar refractivity (Wildman–Crippen MR) is 58.6 cm³/mol. The van der Waals surface area contributed by atoms with Crippen molar-refractivity contribution in [3.05, 3.63) is 0 Å². The Bertz CT molecular complexity index is 366. The van der Waals surface area contributed by atoms with E-state index in [1.54, 1.807) is 0 Å². The third kappa shape index (κ3) is 4.18. The van der Waals surface area contributed by atoms with E-state index >= 15 is 0 Å². The molecule has 1 fully saturated rings. The first-order chi connectivity index (χ1) is 8.85. The van der Waals surface area contributed by atoms with Gasteiger partial charge in [0.1, 0.15) is 6.10 Å². The molecule has 19 heavy (non-hydrogen) atoms. The summed E-state index contributed by atoms with van der Waals surface area (Å²) in [5.74, 6) is -1.93. The molecule has 1 heterocycles. The normalized spacial score (nSPS) is 29.7. The van der Waals surface area contributed by atoms with Crippen LogP contribution in [0.2, 0.25) is 0 Å². The van der Waals surface area contributed by atoms with Crippen molar-refractivity contribution < 1.29 is 38.4 Å². The van der Waals surface area contributed by atoms with Crippen LogP contribution in [0, 0.1) is 0 Å². The van der Waals surface area contributed by atoms with Gasteiger partial charge >= 0.3 is 17.9 Å². The van der Waals surface area contributed by atoms with Gasteiger partial charge in [0.2, 0.25) is 12.4 Å². The van der Waals surface area contributed by atoms with Crippen molar-refractivity contribution in [3.63, 3.8) is 0 Å². The van der Waals surface area contributed by atoms with E-state index in [1.807, 2.05) is 0 Å². The fourth-order valence-corrected chi connectivity index (χ4v) is 1.75. The van der Waals surface area contributed by atoms with Crippen molar-refractivity contribution in [1.29, 1.82) is 0 Å². The molecule has 0 aromatic rings. The van der Waals surface area contributed by atoms with Crippen LogP contribution >= 0.6 is 0 Å². The Hall–Kier alpha value is -1.67. The second-order valence-corrected chi connectivity index (χ2v) is 3.98. The lowest BCUT2D eigenvalue weighted by molar-refractivity contribution is -0.196. The summed E-state index contributed by atoms with van der Waals surface area (Å²) in [5, 5.41) is 9.16. The van der Waals surface area contributed by atoms with Gasteiger partial charge in [0, 0.05) is 20.8 Å². The van der Waals surface area contributed by atoms with E-state index in [0.29, 0.717) is 0 Å². The Balaban J connectivity index is 2.90. The SMILES string of the molecule is CC(=O)OC1O[C@H](CO)[C@H](OC(C)=O)[C@H]1OC(C)=O. The van der Waals surface area contributed by atoms with Crippen molar-refractivity contribution in [2.75, 3.05) is 6.61 Å². The molecule has 1 aliphatic heterocycles.